The van der Waals surface area contributed by atoms with E-state index in [1.807, 2.05) is 6.07 Å². The van der Waals surface area contributed by atoms with Crippen molar-refractivity contribution < 1.29 is 8.42 Å². The fraction of sp³-hybridized carbons (Fsp3) is 0.222. The average Bonchev–Trinajstić information content (AvgIpc) is 3.35. The molecule has 10 heteroatoms. The Morgan fingerprint density at radius 2 is 1.75 bits per heavy atom. The zero-order valence-electron chi connectivity index (χ0n) is 14.8. The minimum atomic E-state index is -3.64. The third-order valence-electron chi connectivity index (χ3n) is 4.33. The molecule has 0 aliphatic carbocycles. The molecule has 1 fully saturated rings. The molecule has 0 atom stereocenters. The molecule has 28 heavy (non-hydrogen) atoms. The van der Waals surface area contributed by atoms with Crippen LogP contribution in [0.15, 0.2) is 52.9 Å². The van der Waals surface area contributed by atoms with Crippen molar-refractivity contribution in [3.05, 3.63) is 53.0 Å². The van der Waals surface area contributed by atoms with E-state index in [1.165, 1.54) is 18.9 Å². The van der Waals surface area contributed by atoms with Crippen LogP contribution in [0.25, 0.3) is 0 Å². The minimum absolute atomic E-state index is 0.175. The summed E-state index contributed by atoms with van der Waals surface area (Å²) in [6, 6.07) is 11.9. The Bertz CT molecular complexity index is 1060. The number of benzene rings is 1. The number of nitrogens with zero attached hydrogens (tertiary/aromatic N) is 3. The van der Waals surface area contributed by atoms with Crippen molar-refractivity contribution in [3.8, 4) is 0 Å². The van der Waals surface area contributed by atoms with Crippen LogP contribution in [0.4, 0.5) is 22.9 Å². The summed E-state index contributed by atoms with van der Waals surface area (Å²) in [7, 11) is -3.64. The largest absolute Gasteiger partial charge is 0.370 e. The molecule has 0 bridgehead atoms. The molecule has 0 spiro atoms. The van der Waals surface area contributed by atoms with Crippen molar-refractivity contribution in [1.82, 2.24) is 10.2 Å². The predicted molar refractivity (Wildman–Crippen MR) is 113 cm³/mol. The third kappa shape index (κ3) is 4.37. The lowest BCUT2D eigenvalue weighted by molar-refractivity contribution is 0.603. The van der Waals surface area contributed by atoms with Crippen molar-refractivity contribution in [2.45, 2.75) is 17.1 Å². The lowest BCUT2D eigenvalue weighted by atomic mass is 10.3. The lowest BCUT2D eigenvalue weighted by Gasteiger charge is -2.17. The molecule has 4 rings (SSSR count). The van der Waals surface area contributed by atoms with Gasteiger partial charge >= 0.3 is 0 Å². The number of hydrogen-bond donors (Lipinski definition) is 2. The van der Waals surface area contributed by atoms with Crippen LogP contribution < -0.4 is 14.9 Å². The number of aromatic nitrogens is 2. The van der Waals surface area contributed by atoms with E-state index in [4.69, 9.17) is 11.6 Å². The van der Waals surface area contributed by atoms with Crippen LogP contribution in [0.2, 0.25) is 4.34 Å². The maximum atomic E-state index is 12.4. The predicted octanol–water partition coefficient (Wildman–Crippen LogP) is 4.34. The van der Waals surface area contributed by atoms with Gasteiger partial charge in [-0.15, -0.1) is 16.4 Å². The topological polar surface area (TPSA) is 87.2 Å². The fourth-order valence-corrected chi connectivity index (χ4v) is 5.52. The quantitative estimate of drug-likeness (QED) is 0.599. The van der Waals surface area contributed by atoms with E-state index in [0.29, 0.717) is 15.8 Å². The van der Waals surface area contributed by atoms with Gasteiger partial charge in [-0.3, -0.25) is 4.72 Å². The number of thiophene rings is 1. The van der Waals surface area contributed by atoms with Crippen molar-refractivity contribution in [3.63, 3.8) is 0 Å². The molecule has 7 nitrogen and oxygen atoms in total. The van der Waals surface area contributed by atoms with E-state index < -0.39 is 10.0 Å². The van der Waals surface area contributed by atoms with Gasteiger partial charge in [-0.1, -0.05) is 11.6 Å². The zero-order chi connectivity index (χ0) is 19.6. The highest BCUT2D eigenvalue weighted by molar-refractivity contribution is 7.94. The minimum Gasteiger partial charge on any atom is -0.370 e. The summed E-state index contributed by atoms with van der Waals surface area (Å²) in [6.45, 7) is 2.07. The first-order valence-corrected chi connectivity index (χ1v) is 11.4. The Morgan fingerprint density at radius 1 is 1.04 bits per heavy atom. The maximum absolute atomic E-state index is 12.4. The number of hydrogen-bond acceptors (Lipinski definition) is 7. The molecule has 1 aliphatic rings. The molecule has 0 amide bonds. The number of halogens is 1. The maximum Gasteiger partial charge on any atom is 0.271 e. The summed E-state index contributed by atoms with van der Waals surface area (Å²) in [5.74, 6) is 0.644. The van der Waals surface area contributed by atoms with Crippen LogP contribution in [0, 0.1) is 0 Å². The van der Waals surface area contributed by atoms with Gasteiger partial charge in [-0.25, -0.2) is 8.42 Å². The summed E-state index contributed by atoms with van der Waals surface area (Å²) < 4.78 is 27.9. The Morgan fingerprint density at radius 3 is 2.43 bits per heavy atom. The van der Waals surface area contributed by atoms with Crippen LogP contribution >= 0.6 is 22.9 Å². The second-order valence-electron chi connectivity index (χ2n) is 6.36. The molecular weight excluding hydrogens is 418 g/mol. The Balaban J connectivity index is 1.44. The molecule has 1 saturated heterocycles. The Hall–Kier alpha value is -2.36. The zero-order valence-corrected chi connectivity index (χ0v) is 17.2. The highest BCUT2D eigenvalue weighted by Gasteiger charge is 2.17. The van der Waals surface area contributed by atoms with Gasteiger partial charge in [0, 0.05) is 30.5 Å². The van der Waals surface area contributed by atoms with Crippen molar-refractivity contribution in [1.29, 1.82) is 0 Å². The highest BCUT2D eigenvalue weighted by atomic mass is 35.5. The first-order valence-electron chi connectivity index (χ1n) is 8.72. The highest BCUT2D eigenvalue weighted by Crippen LogP contribution is 2.28. The summed E-state index contributed by atoms with van der Waals surface area (Å²) in [4.78, 5) is 2.29. The standard InChI is InChI=1S/C18H18ClN5O2S2/c19-16-7-8-18(27-16)28(25,26)23-14-5-3-13(4-6-14)21-17-11-15(12-20-22-17)24-9-1-2-10-24/h3-8,11-12,23H,1-2,9-10H2,(H,21,22). The molecular formula is C18H18ClN5O2S2. The monoisotopic (exact) mass is 435 g/mol. The summed E-state index contributed by atoms with van der Waals surface area (Å²) in [5.41, 5.74) is 2.30. The molecule has 0 saturated carbocycles. The fourth-order valence-electron chi connectivity index (χ4n) is 2.98. The first-order chi connectivity index (χ1) is 13.5. The van der Waals surface area contributed by atoms with E-state index in [1.54, 1.807) is 36.5 Å². The van der Waals surface area contributed by atoms with Crippen molar-refractivity contribution in [2.75, 3.05) is 28.0 Å². The molecule has 0 radical (unpaired) electrons. The van der Waals surface area contributed by atoms with Gasteiger partial charge in [0.25, 0.3) is 10.0 Å². The van der Waals surface area contributed by atoms with Gasteiger partial charge in [0.15, 0.2) is 5.82 Å². The van der Waals surface area contributed by atoms with E-state index in [9.17, 15) is 8.42 Å². The summed E-state index contributed by atoms with van der Waals surface area (Å²) in [6.07, 6.45) is 4.16. The number of rotatable bonds is 6. The van der Waals surface area contributed by atoms with Crippen molar-refractivity contribution >= 4 is 55.8 Å². The van der Waals surface area contributed by atoms with Crippen LogP contribution in [-0.2, 0) is 10.0 Å². The van der Waals surface area contributed by atoms with E-state index >= 15 is 0 Å². The van der Waals surface area contributed by atoms with Gasteiger partial charge in [-0.2, -0.15) is 5.10 Å². The second-order valence-corrected chi connectivity index (χ2v) is 9.98. The SMILES string of the molecule is O=S(=O)(Nc1ccc(Nc2cc(N3CCCC3)cnn2)cc1)c1ccc(Cl)s1. The third-order valence-corrected chi connectivity index (χ3v) is 7.44. The normalized spacial score (nSPS) is 14.2. The van der Waals surface area contributed by atoms with Crippen molar-refractivity contribution in [2.24, 2.45) is 0 Å². The Labute approximate surface area is 172 Å². The molecule has 1 aromatic carbocycles. The van der Waals surface area contributed by atoms with Gasteiger partial charge in [-0.05, 0) is 49.2 Å². The molecule has 0 unspecified atom stereocenters. The van der Waals surface area contributed by atoms with Gasteiger partial charge in [0.05, 0.1) is 16.2 Å². The molecule has 3 aromatic rings. The van der Waals surface area contributed by atoms with Gasteiger partial charge < -0.3 is 10.2 Å². The van der Waals surface area contributed by atoms with Crippen LogP contribution in [0.1, 0.15) is 12.8 Å². The molecule has 1 aliphatic heterocycles. The van der Waals surface area contributed by atoms with E-state index in [0.717, 1.165) is 35.8 Å². The van der Waals surface area contributed by atoms with Crippen LogP contribution in [0.3, 0.4) is 0 Å². The van der Waals surface area contributed by atoms with Gasteiger partial charge in [0.2, 0.25) is 0 Å². The van der Waals surface area contributed by atoms with E-state index in [2.05, 4.69) is 25.1 Å². The number of sulfonamides is 1. The van der Waals surface area contributed by atoms with Crippen LogP contribution in [-0.4, -0.2) is 31.7 Å². The molecule has 146 valence electrons. The average molecular weight is 436 g/mol. The molecule has 2 aromatic heterocycles. The molecule has 3 heterocycles. The first kappa shape index (κ1) is 19.0. The summed E-state index contributed by atoms with van der Waals surface area (Å²) in [5, 5.41) is 11.4. The number of anilines is 4. The lowest BCUT2D eigenvalue weighted by Crippen LogP contribution is -2.18. The smallest absolute Gasteiger partial charge is 0.271 e. The summed E-state index contributed by atoms with van der Waals surface area (Å²) >= 11 is 6.84. The van der Waals surface area contributed by atoms with E-state index in [-0.39, 0.29) is 4.21 Å². The Kier molecular flexibility index (Phi) is 5.38. The second kappa shape index (κ2) is 7.94. The molecule has 2 N–H and O–H groups in total. The van der Waals surface area contributed by atoms with Crippen LogP contribution in [0.5, 0.6) is 0 Å². The van der Waals surface area contributed by atoms with Gasteiger partial charge in [0.1, 0.15) is 4.21 Å². The number of nitrogens with one attached hydrogen (secondary N) is 2.